The van der Waals surface area contributed by atoms with Crippen molar-refractivity contribution < 1.29 is 18.0 Å². The number of tetrazole rings is 1. The van der Waals surface area contributed by atoms with Crippen LogP contribution in [0.15, 0.2) is 6.33 Å². The van der Waals surface area contributed by atoms with E-state index in [2.05, 4.69) is 26.2 Å². The summed E-state index contributed by atoms with van der Waals surface area (Å²) < 4.78 is 40.4. The number of nitrogens with one attached hydrogen (secondary N) is 2. The smallest absolute Gasteiger partial charge is 0.353 e. The first kappa shape index (κ1) is 15.6. The molecule has 1 unspecified atom stereocenters. The molecule has 1 aliphatic heterocycles. The normalized spacial score (nSPS) is 18.4. The number of aromatic nitrogens is 4. The van der Waals surface area contributed by atoms with Crippen LogP contribution >= 0.6 is 0 Å². The lowest BCUT2D eigenvalue weighted by Crippen LogP contribution is -2.57. The minimum absolute atomic E-state index is 0.209. The van der Waals surface area contributed by atoms with Crippen molar-refractivity contribution in [3.8, 4) is 0 Å². The molecule has 8 nitrogen and oxygen atoms in total. The van der Waals surface area contributed by atoms with Gasteiger partial charge in [0.1, 0.15) is 18.9 Å². The zero-order chi connectivity index (χ0) is 15.3. The Morgan fingerprint density at radius 2 is 2.10 bits per heavy atom. The Kier molecular flexibility index (Phi) is 5.07. The second-order valence-electron chi connectivity index (χ2n) is 4.65. The van der Waals surface area contributed by atoms with Gasteiger partial charge in [-0.15, -0.1) is 5.10 Å². The van der Waals surface area contributed by atoms with Crippen molar-refractivity contribution in [2.24, 2.45) is 0 Å². The van der Waals surface area contributed by atoms with Crippen molar-refractivity contribution in [2.45, 2.75) is 18.8 Å². The minimum Gasteiger partial charge on any atom is -0.353 e. The highest BCUT2D eigenvalue weighted by atomic mass is 19.4. The van der Waals surface area contributed by atoms with Gasteiger partial charge in [-0.3, -0.25) is 9.69 Å². The first-order valence-electron chi connectivity index (χ1n) is 6.46. The summed E-state index contributed by atoms with van der Waals surface area (Å²) in [4.78, 5) is 12.9. The van der Waals surface area contributed by atoms with Crippen LogP contribution in [-0.4, -0.2) is 76.0 Å². The van der Waals surface area contributed by atoms with E-state index in [1.54, 1.807) is 0 Å². The number of piperazine rings is 1. The van der Waals surface area contributed by atoms with E-state index in [9.17, 15) is 18.0 Å². The Morgan fingerprint density at radius 1 is 1.38 bits per heavy atom. The summed E-state index contributed by atoms with van der Waals surface area (Å²) in [7, 11) is 0. The fourth-order valence-electron chi connectivity index (χ4n) is 2.11. The number of halogens is 3. The van der Waals surface area contributed by atoms with Gasteiger partial charge in [-0.25, -0.2) is 4.68 Å². The van der Waals surface area contributed by atoms with Gasteiger partial charge in [0.05, 0.1) is 0 Å². The quantitative estimate of drug-likeness (QED) is 0.697. The maximum absolute atomic E-state index is 13.1. The van der Waals surface area contributed by atoms with Crippen LogP contribution in [0.5, 0.6) is 0 Å². The number of nitrogens with zero attached hydrogens (tertiary/aromatic N) is 5. The monoisotopic (exact) mass is 307 g/mol. The molecule has 0 aliphatic carbocycles. The molecule has 1 fully saturated rings. The molecule has 21 heavy (non-hydrogen) atoms. The molecule has 2 rings (SSSR count). The van der Waals surface area contributed by atoms with E-state index in [1.165, 1.54) is 11.2 Å². The maximum Gasteiger partial charge on any atom is 0.405 e. The average molecular weight is 307 g/mol. The average Bonchev–Trinajstić information content (AvgIpc) is 2.91. The van der Waals surface area contributed by atoms with Crippen molar-refractivity contribution in [3.63, 3.8) is 0 Å². The Balaban J connectivity index is 1.88. The predicted molar refractivity (Wildman–Crippen MR) is 65.1 cm³/mol. The highest BCUT2D eigenvalue weighted by Crippen LogP contribution is 2.24. The van der Waals surface area contributed by atoms with E-state index in [4.69, 9.17) is 0 Å². The van der Waals surface area contributed by atoms with Crippen molar-refractivity contribution >= 4 is 5.91 Å². The van der Waals surface area contributed by atoms with Crippen LogP contribution in [0.4, 0.5) is 13.2 Å². The summed E-state index contributed by atoms with van der Waals surface area (Å²) in [6.07, 6.45) is -3.17. The molecule has 1 aliphatic rings. The van der Waals surface area contributed by atoms with Gasteiger partial charge < -0.3 is 10.6 Å². The molecular formula is C10H16F3N7O. The molecule has 0 saturated carbocycles. The Hall–Kier alpha value is -1.75. The lowest BCUT2D eigenvalue weighted by Gasteiger charge is -2.35. The first-order valence-corrected chi connectivity index (χ1v) is 6.46. The van der Waals surface area contributed by atoms with Gasteiger partial charge in [0.15, 0.2) is 0 Å². The predicted octanol–water partition coefficient (Wildman–Crippen LogP) is -1.37. The molecular weight excluding hydrogens is 291 g/mol. The van der Waals surface area contributed by atoms with Crippen LogP contribution < -0.4 is 10.6 Å². The molecule has 0 spiro atoms. The SMILES string of the molecule is O=C(Cn1cnnn1)NCC(N1CCNCC1)C(F)(F)F. The third-order valence-corrected chi connectivity index (χ3v) is 3.16. The van der Waals surface area contributed by atoms with Crippen molar-refractivity contribution in [3.05, 3.63) is 6.33 Å². The number of alkyl halides is 3. The summed E-state index contributed by atoms with van der Waals surface area (Å²) in [5.41, 5.74) is 0. The molecule has 2 N–H and O–H groups in total. The number of hydrogen-bond acceptors (Lipinski definition) is 6. The van der Waals surface area contributed by atoms with E-state index in [-0.39, 0.29) is 6.54 Å². The van der Waals surface area contributed by atoms with Crippen LogP contribution in [0, 0.1) is 0 Å². The highest BCUT2D eigenvalue weighted by molar-refractivity contribution is 5.75. The number of amides is 1. The highest BCUT2D eigenvalue weighted by Gasteiger charge is 2.43. The van der Waals surface area contributed by atoms with E-state index < -0.39 is 24.7 Å². The molecule has 1 saturated heterocycles. The van der Waals surface area contributed by atoms with Gasteiger partial charge in [0.25, 0.3) is 0 Å². The second kappa shape index (κ2) is 6.80. The number of carbonyl (C=O) groups is 1. The molecule has 1 aromatic rings. The number of rotatable bonds is 5. The summed E-state index contributed by atoms with van der Waals surface area (Å²) in [6, 6.07) is -1.68. The first-order chi connectivity index (χ1) is 9.97. The van der Waals surface area contributed by atoms with E-state index in [0.717, 1.165) is 4.68 Å². The van der Waals surface area contributed by atoms with Crippen LogP contribution in [0.3, 0.4) is 0 Å². The summed E-state index contributed by atoms with van der Waals surface area (Å²) in [5, 5.41) is 15.4. The Morgan fingerprint density at radius 3 is 2.67 bits per heavy atom. The summed E-state index contributed by atoms with van der Waals surface area (Å²) in [6.45, 7) is 0.917. The molecule has 1 aromatic heterocycles. The lowest BCUT2D eigenvalue weighted by molar-refractivity contribution is -0.184. The van der Waals surface area contributed by atoms with Crippen LogP contribution in [0.1, 0.15) is 0 Å². The molecule has 2 heterocycles. The van der Waals surface area contributed by atoms with Gasteiger partial charge in [0.2, 0.25) is 5.91 Å². The van der Waals surface area contributed by atoms with Crippen LogP contribution in [-0.2, 0) is 11.3 Å². The van der Waals surface area contributed by atoms with Crippen molar-refractivity contribution in [1.82, 2.24) is 35.7 Å². The third kappa shape index (κ3) is 4.63. The molecule has 0 radical (unpaired) electrons. The standard InChI is InChI=1S/C10H16F3N7O/c11-10(12,13)8(19-3-1-14-2-4-19)5-15-9(21)6-20-7-16-17-18-20/h7-8,14H,1-6H2,(H,15,21). The molecule has 0 bridgehead atoms. The van der Waals surface area contributed by atoms with Gasteiger partial charge in [0, 0.05) is 32.7 Å². The number of carbonyl (C=O) groups excluding carboxylic acids is 1. The largest absolute Gasteiger partial charge is 0.405 e. The molecule has 1 amide bonds. The van der Waals surface area contributed by atoms with Gasteiger partial charge in [-0.2, -0.15) is 13.2 Å². The molecule has 118 valence electrons. The van der Waals surface area contributed by atoms with Gasteiger partial charge in [-0.05, 0) is 10.4 Å². The molecule has 0 aromatic carbocycles. The maximum atomic E-state index is 13.1. The summed E-state index contributed by atoms with van der Waals surface area (Å²) in [5.74, 6) is -0.563. The molecule has 11 heteroatoms. The van der Waals surface area contributed by atoms with Crippen LogP contribution in [0.2, 0.25) is 0 Å². The number of hydrogen-bond donors (Lipinski definition) is 2. The minimum atomic E-state index is -4.39. The molecule has 1 atom stereocenters. The second-order valence-corrected chi connectivity index (χ2v) is 4.65. The fourth-order valence-corrected chi connectivity index (χ4v) is 2.11. The van der Waals surface area contributed by atoms with E-state index >= 15 is 0 Å². The van der Waals surface area contributed by atoms with E-state index in [1.807, 2.05) is 0 Å². The third-order valence-electron chi connectivity index (χ3n) is 3.16. The van der Waals surface area contributed by atoms with Gasteiger partial charge >= 0.3 is 6.18 Å². The zero-order valence-corrected chi connectivity index (χ0v) is 11.2. The van der Waals surface area contributed by atoms with Crippen molar-refractivity contribution in [2.75, 3.05) is 32.7 Å². The Bertz CT molecular complexity index is 444. The zero-order valence-electron chi connectivity index (χ0n) is 11.2. The van der Waals surface area contributed by atoms with Gasteiger partial charge in [-0.1, -0.05) is 0 Å². The summed E-state index contributed by atoms with van der Waals surface area (Å²) >= 11 is 0. The Labute approximate surface area is 118 Å². The fraction of sp³-hybridized carbons (Fsp3) is 0.800. The topological polar surface area (TPSA) is 88.0 Å². The van der Waals surface area contributed by atoms with Crippen LogP contribution in [0.25, 0.3) is 0 Å². The van der Waals surface area contributed by atoms with E-state index in [0.29, 0.717) is 26.2 Å². The lowest BCUT2D eigenvalue weighted by atomic mass is 10.2. The van der Waals surface area contributed by atoms with Crippen molar-refractivity contribution in [1.29, 1.82) is 0 Å².